The summed E-state index contributed by atoms with van der Waals surface area (Å²) in [6.45, 7) is 1.79. The van der Waals surface area contributed by atoms with Crippen LogP contribution in [-0.4, -0.2) is 19.0 Å². The minimum atomic E-state index is -0.514. The van der Waals surface area contributed by atoms with Crippen LogP contribution in [0.2, 0.25) is 15.1 Å². The Labute approximate surface area is 171 Å². The number of carbonyl (C=O) groups excluding carboxylic acids is 1. The standard InChI is InChI=1S/C19H14Cl3NO4/c1-10-23-16(19(24)27-10)6-11-5-15(22)18(17(7-11)25-2)26-9-12-3-4-13(20)8-14(12)21/h3-8H,9H2,1-2H3/b16-6+. The third-order valence-electron chi connectivity index (χ3n) is 3.67. The largest absolute Gasteiger partial charge is 0.493 e. The molecule has 1 heterocycles. The fraction of sp³-hybridized carbons (Fsp3) is 0.158. The highest BCUT2D eigenvalue weighted by Gasteiger charge is 2.20. The quantitative estimate of drug-likeness (QED) is 0.464. The lowest BCUT2D eigenvalue weighted by molar-refractivity contribution is -0.130. The number of aliphatic imine (C=N–C) groups is 1. The van der Waals surface area contributed by atoms with Gasteiger partial charge in [0.25, 0.3) is 0 Å². The molecule has 0 N–H and O–H groups in total. The van der Waals surface area contributed by atoms with E-state index in [9.17, 15) is 4.79 Å². The zero-order valence-corrected chi connectivity index (χ0v) is 16.7. The summed E-state index contributed by atoms with van der Waals surface area (Å²) < 4.78 is 16.1. The second-order valence-electron chi connectivity index (χ2n) is 5.61. The second-order valence-corrected chi connectivity index (χ2v) is 6.86. The maximum absolute atomic E-state index is 11.7. The van der Waals surface area contributed by atoms with Crippen molar-refractivity contribution in [3.8, 4) is 11.5 Å². The molecule has 1 aliphatic heterocycles. The van der Waals surface area contributed by atoms with E-state index in [0.29, 0.717) is 38.0 Å². The van der Waals surface area contributed by atoms with Crippen molar-refractivity contribution in [1.29, 1.82) is 0 Å². The first kappa shape index (κ1) is 19.5. The molecule has 0 aromatic heterocycles. The van der Waals surface area contributed by atoms with Gasteiger partial charge >= 0.3 is 5.97 Å². The highest BCUT2D eigenvalue weighted by molar-refractivity contribution is 6.35. The van der Waals surface area contributed by atoms with Gasteiger partial charge in [-0.1, -0.05) is 40.9 Å². The zero-order valence-electron chi connectivity index (χ0n) is 14.4. The first-order valence-corrected chi connectivity index (χ1v) is 8.94. The number of ether oxygens (including phenoxy) is 3. The van der Waals surface area contributed by atoms with Crippen LogP contribution in [-0.2, 0) is 16.1 Å². The molecule has 0 unspecified atom stereocenters. The fourth-order valence-corrected chi connectivity index (χ4v) is 3.16. The van der Waals surface area contributed by atoms with E-state index in [-0.39, 0.29) is 12.3 Å². The maximum atomic E-state index is 11.7. The maximum Gasteiger partial charge on any atom is 0.363 e. The monoisotopic (exact) mass is 425 g/mol. The predicted octanol–water partition coefficient (Wildman–Crippen LogP) is 5.55. The van der Waals surface area contributed by atoms with Crippen LogP contribution in [0.1, 0.15) is 18.1 Å². The molecule has 27 heavy (non-hydrogen) atoms. The molecule has 1 aliphatic rings. The third-order valence-corrected chi connectivity index (χ3v) is 4.54. The summed E-state index contributed by atoms with van der Waals surface area (Å²) in [7, 11) is 1.50. The molecule has 0 saturated carbocycles. The van der Waals surface area contributed by atoms with Gasteiger partial charge in [0, 0.05) is 22.5 Å². The van der Waals surface area contributed by atoms with Crippen molar-refractivity contribution in [3.05, 3.63) is 62.2 Å². The summed E-state index contributed by atoms with van der Waals surface area (Å²) in [5.74, 6) is 0.553. The molecule has 8 heteroatoms. The Morgan fingerprint density at radius 1 is 1.15 bits per heavy atom. The SMILES string of the molecule is COc1cc(/C=C2/N=C(C)OC2=O)cc(Cl)c1OCc1ccc(Cl)cc1Cl. The minimum absolute atomic E-state index is 0.183. The molecular weight excluding hydrogens is 413 g/mol. The smallest absolute Gasteiger partial charge is 0.363 e. The van der Waals surface area contributed by atoms with E-state index in [1.807, 2.05) is 0 Å². The molecule has 0 spiro atoms. The number of benzene rings is 2. The van der Waals surface area contributed by atoms with E-state index in [1.165, 1.54) is 7.11 Å². The number of hydrogen-bond acceptors (Lipinski definition) is 5. The highest BCUT2D eigenvalue weighted by Crippen LogP contribution is 2.38. The molecule has 0 bridgehead atoms. The van der Waals surface area contributed by atoms with Crippen LogP contribution in [0.25, 0.3) is 6.08 Å². The van der Waals surface area contributed by atoms with Gasteiger partial charge in [-0.2, -0.15) is 0 Å². The van der Waals surface area contributed by atoms with Crippen LogP contribution in [0.15, 0.2) is 41.0 Å². The summed E-state index contributed by atoms with van der Waals surface area (Å²) in [6.07, 6.45) is 1.56. The highest BCUT2D eigenvalue weighted by atomic mass is 35.5. The Hall–Kier alpha value is -2.21. The Kier molecular flexibility index (Phi) is 5.95. The molecule has 2 aromatic carbocycles. The number of cyclic esters (lactones) is 1. The first-order chi connectivity index (χ1) is 12.9. The fourth-order valence-electron chi connectivity index (χ4n) is 2.43. The van der Waals surface area contributed by atoms with Gasteiger partial charge in [0.05, 0.1) is 12.1 Å². The Morgan fingerprint density at radius 3 is 2.56 bits per heavy atom. The Morgan fingerprint density at radius 2 is 1.93 bits per heavy atom. The first-order valence-electron chi connectivity index (χ1n) is 7.81. The molecule has 0 amide bonds. The third kappa shape index (κ3) is 4.56. The molecule has 0 radical (unpaired) electrons. The number of nitrogens with zero attached hydrogens (tertiary/aromatic N) is 1. The molecule has 2 aromatic rings. The van der Waals surface area contributed by atoms with E-state index in [1.54, 1.807) is 43.3 Å². The summed E-state index contributed by atoms with van der Waals surface area (Å²) in [4.78, 5) is 15.7. The molecule has 3 rings (SSSR count). The van der Waals surface area contributed by atoms with Crippen LogP contribution in [0.4, 0.5) is 0 Å². The van der Waals surface area contributed by atoms with Crippen molar-refractivity contribution in [2.75, 3.05) is 7.11 Å². The molecule has 0 aliphatic carbocycles. The van der Waals surface area contributed by atoms with Gasteiger partial charge in [0.2, 0.25) is 0 Å². The van der Waals surface area contributed by atoms with Crippen LogP contribution in [0, 0.1) is 0 Å². The van der Waals surface area contributed by atoms with Crippen molar-refractivity contribution >= 4 is 52.7 Å². The number of hydrogen-bond donors (Lipinski definition) is 0. The topological polar surface area (TPSA) is 57.1 Å². The summed E-state index contributed by atoms with van der Waals surface area (Å²) in [5, 5.41) is 1.35. The van der Waals surface area contributed by atoms with Crippen LogP contribution in [0.5, 0.6) is 11.5 Å². The van der Waals surface area contributed by atoms with Crippen molar-refractivity contribution in [1.82, 2.24) is 0 Å². The zero-order chi connectivity index (χ0) is 19.6. The number of methoxy groups -OCH3 is 1. The van der Waals surface area contributed by atoms with Gasteiger partial charge in [-0.3, -0.25) is 0 Å². The van der Waals surface area contributed by atoms with E-state index < -0.39 is 5.97 Å². The Balaban J connectivity index is 1.86. The van der Waals surface area contributed by atoms with Crippen LogP contribution < -0.4 is 9.47 Å². The predicted molar refractivity (Wildman–Crippen MR) is 106 cm³/mol. The molecule has 140 valence electrons. The molecule has 0 atom stereocenters. The van der Waals surface area contributed by atoms with Gasteiger partial charge in [0.15, 0.2) is 23.1 Å². The van der Waals surface area contributed by atoms with Crippen molar-refractivity contribution in [3.63, 3.8) is 0 Å². The van der Waals surface area contributed by atoms with E-state index in [4.69, 9.17) is 49.0 Å². The lowest BCUT2D eigenvalue weighted by atomic mass is 10.1. The minimum Gasteiger partial charge on any atom is -0.493 e. The lowest BCUT2D eigenvalue weighted by Gasteiger charge is -2.14. The lowest BCUT2D eigenvalue weighted by Crippen LogP contribution is -2.01. The number of rotatable bonds is 5. The van der Waals surface area contributed by atoms with Gasteiger partial charge < -0.3 is 14.2 Å². The summed E-state index contributed by atoms with van der Waals surface area (Å²) in [6, 6.07) is 8.47. The Bertz CT molecular complexity index is 970. The second kappa shape index (κ2) is 8.21. The molecule has 0 saturated heterocycles. The van der Waals surface area contributed by atoms with Gasteiger partial charge in [-0.05, 0) is 35.9 Å². The summed E-state index contributed by atoms with van der Waals surface area (Å²) >= 11 is 18.4. The summed E-state index contributed by atoms with van der Waals surface area (Å²) in [5.41, 5.74) is 1.57. The normalized spacial score (nSPS) is 14.9. The van der Waals surface area contributed by atoms with Gasteiger partial charge in [-0.25, -0.2) is 9.79 Å². The number of halogens is 3. The molecular formula is C19H14Cl3NO4. The average Bonchev–Trinajstić information content (AvgIpc) is 2.92. The molecule has 0 fully saturated rings. The average molecular weight is 427 g/mol. The van der Waals surface area contributed by atoms with Crippen LogP contribution >= 0.6 is 34.8 Å². The van der Waals surface area contributed by atoms with Gasteiger partial charge in [-0.15, -0.1) is 0 Å². The van der Waals surface area contributed by atoms with Gasteiger partial charge in [0.1, 0.15) is 6.61 Å². The van der Waals surface area contributed by atoms with E-state index in [0.717, 1.165) is 5.56 Å². The van der Waals surface area contributed by atoms with Crippen LogP contribution in [0.3, 0.4) is 0 Å². The van der Waals surface area contributed by atoms with Crippen molar-refractivity contribution < 1.29 is 19.0 Å². The van der Waals surface area contributed by atoms with E-state index >= 15 is 0 Å². The van der Waals surface area contributed by atoms with E-state index in [2.05, 4.69) is 4.99 Å². The van der Waals surface area contributed by atoms with Crippen molar-refractivity contribution in [2.45, 2.75) is 13.5 Å². The molecule has 5 nitrogen and oxygen atoms in total. The number of carbonyl (C=O) groups is 1. The van der Waals surface area contributed by atoms with Crippen molar-refractivity contribution in [2.24, 2.45) is 4.99 Å². The number of esters is 1.